The lowest BCUT2D eigenvalue weighted by Crippen LogP contribution is -2.41. The van der Waals surface area contributed by atoms with Crippen LogP contribution in [0.4, 0.5) is 23.2 Å². The van der Waals surface area contributed by atoms with Crippen molar-refractivity contribution < 1.29 is 37.1 Å². The molecule has 0 spiro atoms. The number of amides is 2. The van der Waals surface area contributed by atoms with E-state index >= 15 is 0 Å². The standard InChI is InChI=1S/C24H22ClF4N7O4/c25-13-2-11(1-12(3-13)24(27,28)29)18(6-21(38)39)35-20(37)10-30-22(40)16-4-15(5-19-17(16)9-33-36-19)34-23-31-7-14(26)8-32-23/h1-5,9,14,18H,6-8,10H2,(H,30,40)(H,33,36)(H,35,37)(H,38,39)(H2,31,32,34). The van der Waals surface area contributed by atoms with Crippen molar-refractivity contribution >= 4 is 51.9 Å². The first kappa shape index (κ1) is 28.6. The van der Waals surface area contributed by atoms with Gasteiger partial charge >= 0.3 is 12.1 Å². The third-order valence-electron chi connectivity index (χ3n) is 5.78. The number of rotatable bonds is 8. The molecule has 0 radical (unpaired) electrons. The summed E-state index contributed by atoms with van der Waals surface area (Å²) >= 11 is 5.80. The molecule has 0 bridgehead atoms. The van der Waals surface area contributed by atoms with E-state index in [2.05, 4.69) is 36.5 Å². The number of carbonyl (C=O) groups excluding carboxylic acids is 2. The van der Waals surface area contributed by atoms with Crippen LogP contribution in [0.3, 0.4) is 0 Å². The van der Waals surface area contributed by atoms with Gasteiger partial charge in [0.05, 0.1) is 54.9 Å². The number of carboxylic acid groups (broad SMARTS) is 1. The van der Waals surface area contributed by atoms with Gasteiger partial charge in [-0.3, -0.25) is 19.5 Å². The van der Waals surface area contributed by atoms with Gasteiger partial charge in [0.15, 0.2) is 5.96 Å². The smallest absolute Gasteiger partial charge is 0.416 e. The van der Waals surface area contributed by atoms with Crippen molar-refractivity contribution in [2.45, 2.75) is 24.8 Å². The molecule has 2 unspecified atom stereocenters. The van der Waals surface area contributed by atoms with Crippen LogP contribution in [0.15, 0.2) is 41.5 Å². The molecule has 2 amide bonds. The molecule has 4 rings (SSSR count). The molecular formula is C24H22ClF4N7O4. The SMILES string of the molecule is O=C(O)CC(NC(=O)CNC(=O)c1cc(NC2=NCC(F)CN2)cc2[nH]ncc12)c1cc(Cl)cc(C(F)(F)F)c1. The summed E-state index contributed by atoms with van der Waals surface area (Å²) in [6.07, 6.45) is -5.20. The van der Waals surface area contributed by atoms with Gasteiger partial charge in [-0.2, -0.15) is 18.3 Å². The average molecular weight is 584 g/mol. The van der Waals surface area contributed by atoms with Crippen LogP contribution in [0, 0.1) is 0 Å². The largest absolute Gasteiger partial charge is 0.481 e. The lowest BCUT2D eigenvalue weighted by atomic mass is 10.0. The Labute approximate surface area is 228 Å². The zero-order chi connectivity index (χ0) is 29.0. The summed E-state index contributed by atoms with van der Waals surface area (Å²) in [7, 11) is 0. The van der Waals surface area contributed by atoms with Crippen molar-refractivity contribution in [3.05, 3.63) is 58.2 Å². The fraction of sp³-hybridized carbons (Fsp3) is 0.292. The monoisotopic (exact) mass is 583 g/mol. The lowest BCUT2D eigenvalue weighted by molar-refractivity contribution is -0.138. The summed E-state index contributed by atoms with van der Waals surface area (Å²) in [5, 5.41) is 26.5. The number of anilines is 1. The maximum absolute atomic E-state index is 13.3. The molecule has 0 saturated carbocycles. The number of guanidine groups is 1. The molecule has 40 heavy (non-hydrogen) atoms. The highest BCUT2D eigenvalue weighted by molar-refractivity contribution is 6.30. The Hall–Kier alpha value is -4.40. The topological polar surface area (TPSA) is 161 Å². The molecule has 2 heterocycles. The number of carbonyl (C=O) groups is 3. The first-order chi connectivity index (χ1) is 18.9. The van der Waals surface area contributed by atoms with Crippen LogP contribution < -0.4 is 21.3 Å². The highest BCUT2D eigenvalue weighted by Crippen LogP contribution is 2.34. The van der Waals surface area contributed by atoms with Crippen LogP contribution >= 0.6 is 11.6 Å². The number of aliphatic imine (C=N–C) groups is 1. The summed E-state index contributed by atoms with van der Waals surface area (Å²) in [6.45, 7) is -0.583. The molecular weight excluding hydrogens is 562 g/mol. The maximum Gasteiger partial charge on any atom is 0.416 e. The number of nitrogens with one attached hydrogen (secondary N) is 5. The summed E-state index contributed by atoms with van der Waals surface area (Å²) in [6, 6.07) is 4.26. The molecule has 212 valence electrons. The number of aromatic amines is 1. The van der Waals surface area contributed by atoms with E-state index in [0.29, 0.717) is 34.7 Å². The lowest BCUT2D eigenvalue weighted by Gasteiger charge is -2.20. The molecule has 3 aromatic rings. The van der Waals surface area contributed by atoms with Gasteiger partial charge in [0.2, 0.25) is 5.91 Å². The number of hydrogen-bond acceptors (Lipinski definition) is 7. The number of carboxylic acids is 1. The quantitative estimate of drug-likeness (QED) is 0.222. The Kier molecular flexibility index (Phi) is 8.42. The Morgan fingerprint density at radius 1 is 1.18 bits per heavy atom. The first-order valence-corrected chi connectivity index (χ1v) is 12.1. The van der Waals surface area contributed by atoms with Crippen molar-refractivity contribution in [2.24, 2.45) is 4.99 Å². The molecule has 2 atom stereocenters. The van der Waals surface area contributed by atoms with Crippen LogP contribution in [-0.4, -0.2) is 64.9 Å². The summed E-state index contributed by atoms with van der Waals surface area (Å²) in [5.41, 5.74) is -0.267. The van der Waals surface area contributed by atoms with Crippen LogP contribution in [0.2, 0.25) is 5.02 Å². The number of fused-ring (bicyclic) bond motifs is 1. The van der Waals surface area contributed by atoms with Gasteiger partial charge in [-0.1, -0.05) is 11.6 Å². The zero-order valence-electron chi connectivity index (χ0n) is 20.4. The van der Waals surface area contributed by atoms with Crippen molar-refractivity contribution in [3.8, 4) is 0 Å². The van der Waals surface area contributed by atoms with Gasteiger partial charge in [-0.05, 0) is 35.9 Å². The van der Waals surface area contributed by atoms with Gasteiger partial charge in [-0.25, -0.2) is 9.38 Å². The van der Waals surface area contributed by atoms with Gasteiger partial charge < -0.3 is 26.4 Å². The molecule has 1 aromatic heterocycles. The predicted molar refractivity (Wildman–Crippen MR) is 137 cm³/mol. The highest BCUT2D eigenvalue weighted by atomic mass is 35.5. The average Bonchev–Trinajstić information content (AvgIpc) is 3.35. The first-order valence-electron chi connectivity index (χ1n) is 11.7. The fourth-order valence-corrected chi connectivity index (χ4v) is 4.20. The van der Waals surface area contributed by atoms with Crippen LogP contribution in [0.25, 0.3) is 10.9 Å². The summed E-state index contributed by atoms with van der Waals surface area (Å²) in [5.74, 6) is -2.62. The van der Waals surface area contributed by atoms with Crippen LogP contribution in [0.5, 0.6) is 0 Å². The molecule has 1 aliphatic heterocycles. The number of hydrogen-bond donors (Lipinski definition) is 6. The van der Waals surface area contributed by atoms with Crippen molar-refractivity contribution in [3.63, 3.8) is 0 Å². The Morgan fingerprint density at radius 2 is 1.95 bits per heavy atom. The molecule has 0 saturated heterocycles. The van der Waals surface area contributed by atoms with Crippen molar-refractivity contribution in [1.82, 2.24) is 26.1 Å². The minimum absolute atomic E-state index is 0.0281. The molecule has 6 N–H and O–H groups in total. The summed E-state index contributed by atoms with van der Waals surface area (Å²) < 4.78 is 53.0. The highest BCUT2D eigenvalue weighted by Gasteiger charge is 2.32. The third-order valence-corrected chi connectivity index (χ3v) is 6.00. The number of H-pyrrole nitrogens is 1. The van der Waals surface area contributed by atoms with E-state index in [1.165, 1.54) is 12.3 Å². The number of aliphatic carboxylic acids is 1. The number of nitrogens with zero attached hydrogens (tertiary/aromatic N) is 2. The van der Waals surface area contributed by atoms with E-state index in [-0.39, 0.29) is 29.2 Å². The van der Waals surface area contributed by atoms with Gasteiger partial charge in [0.1, 0.15) is 6.17 Å². The predicted octanol–water partition coefficient (Wildman–Crippen LogP) is 3.01. The molecule has 11 nitrogen and oxygen atoms in total. The van der Waals surface area contributed by atoms with E-state index in [4.69, 9.17) is 11.6 Å². The van der Waals surface area contributed by atoms with Gasteiger partial charge in [0.25, 0.3) is 5.91 Å². The van der Waals surface area contributed by atoms with Gasteiger partial charge in [0, 0.05) is 16.1 Å². The maximum atomic E-state index is 13.3. The Bertz CT molecular complexity index is 1480. The second-order valence-electron chi connectivity index (χ2n) is 8.82. The van der Waals surface area contributed by atoms with Crippen molar-refractivity contribution in [1.29, 1.82) is 0 Å². The van der Waals surface area contributed by atoms with E-state index in [9.17, 15) is 37.1 Å². The minimum atomic E-state index is -4.75. The fourth-order valence-electron chi connectivity index (χ4n) is 3.96. The van der Waals surface area contributed by atoms with Crippen LogP contribution in [-0.2, 0) is 15.8 Å². The van der Waals surface area contributed by atoms with Crippen molar-refractivity contribution in [2.75, 3.05) is 25.0 Å². The number of benzene rings is 2. The second kappa shape index (κ2) is 11.8. The number of aromatic nitrogens is 2. The molecule has 1 aliphatic rings. The van der Waals surface area contributed by atoms with Crippen LogP contribution in [0.1, 0.15) is 33.9 Å². The molecule has 2 aromatic carbocycles. The molecule has 16 heteroatoms. The van der Waals surface area contributed by atoms with Gasteiger partial charge in [-0.15, -0.1) is 0 Å². The van der Waals surface area contributed by atoms with E-state index < -0.39 is 54.7 Å². The van der Waals surface area contributed by atoms with E-state index in [0.717, 1.165) is 6.07 Å². The Morgan fingerprint density at radius 3 is 2.62 bits per heavy atom. The normalized spacial score (nSPS) is 16.0. The third kappa shape index (κ3) is 7.16. The number of halogens is 5. The number of alkyl halides is 4. The zero-order valence-corrected chi connectivity index (χ0v) is 21.2. The molecule has 0 aliphatic carbocycles. The van der Waals surface area contributed by atoms with E-state index in [1.807, 2.05) is 0 Å². The Balaban J connectivity index is 1.47. The summed E-state index contributed by atoms with van der Waals surface area (Å²) in [4.78, 5) is 41.0. The second-order valence-corrected chi connectivity index (χ2v) is 9.26. The molecule has 0 fully saturated rings. The minimum Gasteiger partial charge on any atom is -0.481 e. The van der Waals surface area contributed by atoms with E-state index in [1.54, 1.807) is 6.07 Å².